The molecule has 0 bridgehead atoms. The Kier molecular flexibility index (Phi) is 4.77. The molecule has 0 heterocycles. The number of aliphatic hydroxyl groups is 1. The zero-order valence-electron chi connectivity index (χ0n) is 11.1. The molecule has 0 saturated carbocycles. The second-order valence-electron chi connectivity index (χ2n) is 4.58. The van der Waals surface area contributed by atoms with Gasteiger partial charge in [-0.15, -0.1) is 0 Å². The molecule has 104 valence electrons. The van der Waals surface area contributed by atoms with Crippen molar-refractivity contribution in [1.29, 1.82) is 0 Å². The Labute approximate surface area is 123 Å². The first-order chi connectivity index (χ1) is 9.61. The number of hydrogen-bond donors (Lipinski definition) is 2. The van der Waals surface area contributed by atoms with Crippen LogP contribution in [0.25, 0.3) is 0 Å². The van der Waals surface area contributed by atoms with Crippen LogP contribution in [0, 0.1) is 6.92 Å². The van der Waals surface area contributed by atoms with Crippen molar-refractivity contribution in [2.75, 3.05) is 6.61 Å². The molecule has 1 atom stereocenters. The number of nitrogens with one attached hydrogen (secondary N) is 1. The van der Waals surface area contributed by atoms with Gasteiger partial charge in [0.05, 0.1) is 12.6 Å². The molecule has 2 aromatic rings. The normalized spacial score (nSPS) is 11.9. The fourth-order valence-corrected chi connectivity index (χ4v) is 2.08. The predicted octanol–water partition coefficient (Wildman–Crippen LogP) is 3.11. The molecule has 0 spiro atoms. The summed E-state index contributed by atoms with van der Waals surface area (Å²) in [6.45, 7) is 1.72. The maximum atomic E-state index is 12.2. The summed E-state index contributed by atoms with van der Waals surface area (Å²) in [4.78, 5) is 12.2. The van der Waals surface area contributed by atoms with Gasteiger partial charge in [0.15, 0.2) is 0 Å². The highest BCUT2D eigenvalue weighted by atomic mass is 35.5. The maximum absolute atomic E-state index is 12.2. The number of hydrogen-bond acceptors (Lipinski definition) is 2. The van der Waals surface area contributed by atoms with Crippen LogP contribution >= 0.6 is 11.6 Å². The zero-order chi connectivity index (χ0) is 14.5. The van der Waals surface area contributed by atoms with Crippen molar-refractivity contribution in [1.82, 2.24) is 5.32 Å². The van der Waals surface area contributed by atoms with Crippen LogP contribution in [0.1, 0.15) is 27.5 Å². The molecule has 0 saturated heterocycles. The Bertz CT molecular complexity index is 599. The standard InChI is InChI=1S/C16H16ClNO2/c1-11-7-8-13(9-14(11)17)16(20)18-15(10-19)12-5-3-2-4-6-12/h2-9,15,19H,10H2,1H3,(H,18,20)/t15-/m0/s1. The van der Waals surface area contributed by atoms with Crippen LogP contribution < -0.4 is 5.32 Å². The van der Waals surface area contributed by atoms with Crippen molar-refractivity contribution in [3.8, 4) is 0 Å². The molecular formula is C16H16ClNO2. The Morgan fingerprint density at radius 3 is 2.55 bits per heavy atom. The van der Waals surface area contributed by atoms with E-state index in [4.69, 9.17) is 11.6 Å². The average Bonchev–Trinajstić information content (AvgIpc) is 2.48. The van der Waals surface area contributed by atoms with E-state index >= 15 is 0 Å². The molecule has 4 heteroatoms. The lowest BCUT2D eigenvalue weighted by molar-refractivity contribution is 0.0916. The van der Waals surface area contributed by atoms with Crippen LogP contribution in [-0.4, -0.2) is 17.6 Å². The lowest BCUT2D eigenvalue weighted by Gasteiger charge is -2.17. The monoisotopic (exact) mass is 289 g/mol. The van der Waals surface area contributed by atoms with Crippen molar-refractivity contribution in [2.24, 2.45) is 0 Å². The van der Waals surface area contributed by atoms with Crippen LogP contribution in [0.4, 0.5) is 0 Å². The van der Waals surface area contributed by atoms with Gasteiger partial charge < -0.3 is 10.4 Å². The molecule has 0 aromatic heterocycles. The smallest absolute Gasteiger partial charge is 0.251 e. The zero-order valence-corrected chi connectivity index (χ0v) is 11.9. The summed E-state index contributed by atoms with van der Waals surface area (Å²) in [5, 5.41) is 12.8. The first-order valence-electron chi connectivity index (χ1n) is 6.34. The number of carbonyl (C=O) groups is 1. The van der Waals surface area contributed by atoms with E-state index < -0.39 is 6.04 Å². The van der Waals surface area contributed by atoms with Crippen molar-refractivity contribution < 1.29 is 9.90 Å². The molecule has 20 heavy (non-hydrogen) atoms. The summed E-state index contributed by atoms with van der Waals surface area (Å²) in [6.07, 6.45) is 0. The quantitative estimate of drug-likeness (QED) is 0.908. The fourth-order valence-electron chi connectivity index (χ4n) is 1.90. The summed E-state index contributed by atoms with van der Waals surface area (Å²) < 4.78 is 0. The predicted molar refractivity (Wildman–Crippen MR) is 79.9 cm³/mol. The average molecular weight is 290 g/mol. The van der Waals surface area contributed by atoms with Gasteiger partial charge in [-0.25, -0.2) is 0 Å². The van der Waals surface area contributed by atoms with Crippen molar-refractivity contribution >= 4 is 17.5 Å². The number of benzene rings is 2. The summed E-state index contributed by atoms with van der Waals surface area (Å²) >= 11 is 6.02. The Balaban J connectivity index is 2.15. The van der Waals surface area contributed by atoms with E-state index in [9.17, 15) is 9.90 Å². The van der Waals surface area contributed by atoms with Gasteiger partial charge in [-0.1, -0.05) is 48.0 Å². The van der Waals surface area contributed by atoms with Gasteiger partial charge in [-0.2, -0.15) is 0 Å². The summed E-state index contributed by atoms with van der Waals surface area (Å²) in [5.74, 6) is -0.255. The van der Waals surface area contributed by atoms with Crippen LogP contribution in [0.15, 0.2) is 48.5 Å². The molecule has 2 N–H and O–H groups in total. The van der Waals surface area contributed by atoms with Gasteiger partial charge in [0.2, 0.25) is 0 Å². The van der Waals surface area contributed by atoms with E-state index in [1.165, 1.54) is 0 Å². The van der Waals surface area contributed by atoms with E-state index in [0.29, 0.717) is 10.6 Å². The molecule has 0 aliphatic rings. The van der Waals surface area contributed by atoms with E-state index in [2.05, 4.69) is 5.32 Å². The fraction of sp³-hybridized carbons (Fsp3) is 0.188. The molecule has 0 unspecified atom stereocenters. The van der Waals surface area contributed by atoms with Gasteiger partial charge in [0.1, 0.15) is 0 Å². The first-order valence-corrected chi connectivity index (χ1v) is 6.72. The van der Waals surface area contributed by atoms with Gasteiger partial charge in [-0.05, 0) is 30.2 Å². The van der Waals surface area contributed by atoms with E-state index in [1.807, 2.05) is 37.3 Å². The van der Waals surface area contributed by atoms with E-state index in [1.54, 1.807) is 18.2 Å². The van der Waals surface area contributed by atoms with Gasteiger partial charge in [0.25, 0.3) is 5.91 Å². The summed E-state index contributed by atoms with van der Waals surface area (Å²) in [7, 11) is 0. The number of aryl methyl sites for hydroxylation is 1. The Morgan fingerprint density at radius 2 is 1.95 bits per heavy atom. The minimum Gasteiger partial charge on any atom is -0.394 e. The molecular weight excluding hydrogens is 274 g/mol. The molecule has 1 amide bonds. The number of amides is 1. The van der Waals surface area contributed by atoms with Crippen LogP contribution in [0.2, 0.25) is 5.02 Å². The maximum Gasteiger partial charge on any atom is 0.251 e. The Morgan fingerprint density at radius 1 is 1.25 bits per heavy atom. The second-order valence-corrected chi connectivity index (χ2v) is 4.99. The summed E-state index contributed by atoms with van der Waals surface area (Å²) in [5.41, 5.74) is 2.27. The molecule has 0 aliphatic heterocycles. The minimum atomic E-state index is -0.427. The number of rotatable bonds is 4. The van der Waals surface area contributed by atoms with E-state index in [0.717, 1.165) is 11.1 Å². The highest BCUT2D eigenvalue weighted by Crippen LogP contribution is 2.18. The third kappa shape index (κ3) is 3.38. The lowest BCUT2D eigenvalue weighted by Crippen LogP contribution is -2.30. The van der Waals surface area contributed by atoms with Crippen LogP contribution in [-0.2, 0) is 0 Å². The van der Waals surface area contributed by atoms with Gasteiger partial charge >= 0.3 is 0 Å². The van der Waals surface area contributed by atoms with Crippen molar-refractivity contribution in [2.45, 2.75) is 13.0 Å². The molecule has 0 fully saturated rings. The van der Waals surface area contributed by atoms with Crippen LogP contribution in [0.3, 0.4) is 0 Å². The highest BCUT2D eigenvalue weighted by Gasteiger charge is 2.15. The van der Waals surface area contributed by atoms with Crippen molar-refractivity contribution in [3.05, 3.63) is 70.2 Å². The SMILES string of the molecule is Cc1ccc(C(=O)N[C@@H](CO)c2ccccc2)cc1Cl. The van der Waals surface area contributed by atoms with Gasteiger partial charge in [0, 0.05) is 10.6 Å². The third-order valence-corrected chi connectivity index (χ3v) is 3.53. The van der Waals surface area contributed by atoms with Gasteiger partial charge in [-0.3, -0.25) is 4.79 Å². The first kappa shape index (κ1) is 14.6. The molecule has 0 aliphatic carbocycles. The molecule has 2 aromatic carbocycles. The second kappa shape index (κ2) is 6.55. The van der Waals surface area contributed by atoms with E-state index in [-0.39, 0.29) is 12.5 Å². The minimum absolute atomic E-state index is 0.157. The summed E-state index contributed by atoms with van der Waals surface area (Å²) in [6, 6.07) is 14.1. The molecule has 2 rings (SSSR count). The largest absolute Gasteiger partial charge is 0.394 e. The number of halogens is 1. The molecule has 3 nitrogen and oxygen atoms in total. The van der Waals surface area contributed by atoms with Crippen LogP contribution in [0.5, 0.6) is 0 Å². The van der Waals surface area contributed by atoms with Crippen molar-refractivity contribution in [3.63, 3.8) is 0 Å². The third-order valence-electron chi connectivity index (χ3n) is 3.12. The lowest BCUT2D eigenvalue weighted by atomic mass is 10.1. The number of carbonyl (C=O) groups excluding carboxylic acids is 1. The topological polar surface area (TPSA) is 49.3 Å². The highest BCUT2D eigenvalue weighted by molar-refractivity contribution is 6.31. The number of aliphatic hydroxyl groups excluding tert-OH is 1. The molecule has 0 radical (unpaired) electrons. The Hall–Kier alpha value is -1.84.